The van der Waals surface area contributed by atoms with Crippen LogP contribution in [0.25, 0.3) is 0 Å². The Kier molecular flexibility index (Phi) is 6.25. The Morgan fingerprint density at radius 3 is 2.32 bits per heavy atom. The van der Waals surface area contributed by atoms with Gasteiger partial charge < -0.3 is 4.90 Å². The third kappa shape index (κ3) is 5.05. The Morgan fingerprint density at radius 1 is 1.11 bits per heavy atom. The van der Waals surface area contributed by atoms with E-state index in [0.29, 0.717) is 43.0 Å². The largest absolute Gasteiger partial charge is 0.333 e. The van der Waals surface area contributed by atoms with Crippen molar-refractivity contribution in [2.75, 3.05) is 24.4 Å². The Bertz CT molecular complexity index is 906. The average molecular weight is 409 g/mol. The molecule has 6 nitrogen and oxygen atoms in total. The summed E-state index contributed by atoms with van der Waals surface area (Å²) in [6.07, 6.45) is 0. The number of carbonyl (C=O) groups is 1. The molecule has 1 fully saturated rings. The zero-order chi connectivity index (χ0) is 20.3. The van der Waals surface area contributed by atoms with Crippen molar-refractivity contribution < 1.29 is 22.0 Å². The molecule has 0 unspecified atom stereocenters. The van der Waals surface area contributed by atoms with Gasteiger partial charge in [0.15, 0.2) is 0 Å². The van der Waals surface area contributed by atoms with Crippen LogP contribution in [-0.2, 0) is 17.4 Å². The van der Waals surface area contributed by atoms with Crippen molar-refractivity contribution in [3.63, 3.8) is 0 Å². The van der Waals surface area contributed by atoms with E-state index in [0.717, 1.165) is 6.07 Å². The number of nitrogens with zero attached hydrogens (tertiary/aromatic N) is 2. The minimum atomic E-state index is -2.75. The van der Waals surface area contributed by atoms with E-state index in [4.69, 9.17) is 0 Å². The molecule has 2 aromatic carbocycles. The molecule has 28 heavy (non-hydrogen) atoms. The van der Waals surface area contributed by atoms with Crippen molar-refractivity contribution in [3.05, 3.63) is 65.2 Å². The van der Waals surface area contributed by atoms with Gasteiger partial charge in [-0.15, -0.1) is 0 Å². The number of benzene rings is 2. The van der Waals surface area contributed by atoms with Gasteiger partial charge in [-0.1, -0.05) is 0 Å². The van der Waals surface area contributed by atoms with E-state index < -0.39 is 22.5 Å². The molecular formula is C19H21F2N3O3S. The van der Waals surface area contributed by atoms with Crippen molar-refractivity contribution in [2.45, 2.75) is 19.5 Å². The molecular weight excluding hydrogens is 388 g/mol. The predicted molar refractivity (Wildman–Crippen MR) is 103 cm³/mol. The van der Waals surface area contributed by atoms with Gasteiger partial charge in [-0.2, -0.15) is 0 Å². The van der Waals surface area contributed by atoms with Crippen LogP contribution in [-0.4, -0.2) is 49.8 Å². The second kappa shape index (κ2) is 8.66. The smallest absolute Gasteiger partial charge is 0.254 e. The quantitative estimate of drug-likeness (QED) is 0.744. The number of rotatable bonds is 5. The fraction of sp³-hybridized carbons (Fsp3) is 0.316. The first-order valence-electron chi connectivity index (χ1n) is 8.81. The van der Waals surface area contributed by atoms with Gasteiger partial charge in [0.1, 0.15) is 11.6 Å². The first kappa shape index (κ1) is 20.2. The first-order chi connectivity index (χ1) is 13.3. The molecule has 1 saturated heterocycles. The molecule has 1 atom stereocenters. The van der Waals surface area contributed by atoms with Crippen molar-refractivity contribution in [3.8, 4) is 0 Å². The monoisotopic (exact) mass is 409 g/mol. The molecule has 0 saturated carbocycles. The van der Waals surface area contributed by atoms with E-state index >= 15 is 0 Å². The number of hydrogen-bond donors (Lipinski definition) is 2. The molecule has 0 spiro atoms. The van der Waals surface area contributed by atoms with Gasteiger partial charge >= 0.3 is 0 Å². The second-order valence-corrected chi connectivity index (χ2v) is 7.54. The van der Waals surface area contributed by atoms with Gasteiger partial charge in [0.2, 0.25) is 10.9 Å². The summed E-state index contributed by atoms with van der Waals surface area (Å²) in [5, 5.41) is 0. The van der Waals surface area contributed by atoms with Crippen LogP contribution >= 0.6 is 0 Å². The van der Waals surface area contributed by atoms with E-state index in [1.54, 1.807) is 17.0 Å². The van der Waals surface area contributed by atoms with Gasteiger partial charge in [0.05, 0.1) is 0 Å². The molecule has 1 amide bonds. The number of nitrogens with one attached hydrogen (secondary N) is 1. The van der Waals surface area contributed by atoms with Crippen LogP contribution < -0.4 is 4.72 Å². The zero-order valence-corrected chi connectivity index (χ0v) is 16.2. The minimum absolute atomic E-state index is 0.0754. The van der Waals surface area contributed by atoms with Gasteiger partial charge in [0.25, 0.3) is 5.91 Å². The highest BCUT2D eigenvalue weighted by Crippen LogP contribution is 2.18. The van der Waals surface area contributed by atoms with E-state index in [1.165, 1.54) is 24.3 Å². The maximum absolute atomic E-state index is 13.4. The maximum atomic E-state index is 13.4. The summed E-state index contributed by atoms with van der Waals surface area (Å²) in [4.78, 5) is 16.6. The topological polar surface area (TPSA) is 69.7 Å². The molecule has 0 aromatic heterocycles. The molecule has 0 radical (unpaired) electrons. The van der Waals surface area contributed by atoms with Crippen LogP contribution in [0.1, 0.15) is 22.8 Å². The lowest BCUT2D eigenvalue weighted by Gasteiger charge is -2.40. The third-order valence-corrected chi connectivity index (χ3v) is 5.09. The summed E-state index contributed by atoms with van der Waals surface area (Å²) < 4.78 is 50.4. The summed E-state index contributed by atoms with van der Waals surface area (Å²) >= 11 is 0. The standard InChI is InChI=1S/C19H21F2N3O3S/c1-13-11-23(12-14-8-16(20)10-17(21)9-14)6-7-24(13)19(25)15-2-4-18(5-3-15)22-28(26)27/h2-5,8-10,13,28H,6-7,11-12H2,1H3,(H,22,26,27)/t13-/m0/s1. The van der Waals surface area contributed by atoms with Gasteiger partial charge in [-0.25, -0.2) is 17.2 Å². The fourth-order valence-electron chi connectivity index (χ4n) is 3.40. The van der Waals surface area contributed by atoms with Crippen molar-refractivity contribution >= 4 is 22.5 Å². The number of piperazine rings is 1. The lowest BCUT2D eigenvalue weighted by Crippen LogP contribution is -2.53. The molecule has 1 aliphatic heterocycles. The molecule has 3 rings (SSSR count). The third-order valence-electron chi connectivity index (χ3n) is 4.65. The molecule has 1 heterocycles. The summed E-state index contributed by atoms with van der Waals surface area (Å²) in [7, 11) is -2.75. The summed E-state index contributed by atoms with van der Waals surface area (Å²) in [6, 6.07) is 9.64. The number of carbonyl (C=O) groups excluding carboxylic acids is 1. The summed E-state index contributed by atoms with van der Waals surface area (Å²) in [5.41, 5.74) is 1.43. The highest BCUT2D eigenvalue weighted by Gasteiger charge is 2.28. The Balaban J connectivity index is 1.62. The number of anilines is 1. The number of thiol groups is 1. The molecule has 9 heteroatoms. The molecule has 1 N–H and O–H groups in total. The van der Waals surface area contributed by atoms with Crippen molar-refractivity contribution in [1.82, 2.24) is 9.80 Å². The lowest BCUT2D eigenvalue weighted by molar-refractivity contribution is 0.0475. The summed E-state index contributed by atoms with van der Waals surface area (Å²) in [5.74, 6) is -1.34. The Morgan fingerprint density at radius 2 is 1.75 bits per heavy atom. The number of amides is 1. The maximum Gasteiger partial charge on any atom is 0.254 e. The second-order valence-electron chi connectivity index (χ2n) is 6.81. The lowest BCUT2D eigenvalue weighted by atomic mass is 10.1. The molecule has 0 aliphatic carbocycles. The van der Waals surface area contributed by atoms with E-state index in [1.807, 2.05) is 6.92 Å². The van der Waals surface area contributed by atoms with Crippen LogP contribution in [0.15, 0.2) is 42.5 Å². The molecule has 150 valence electrons. The fourth-order valence-corrected chi connectivity index (χ4v) is 3.76. The van der Waals surface area contributed by atoms with Crippen LogP contribution in [0, 0.1) is 11.6 Å². The van der Waals surface area contributed by atoms with E-state index in [-0.39, 0.29) is 11.9 Å². The Labute approximate surface area is 163 Å². The van der Waals surface area contributed by atoms with Gasteiger partial charge in [-0.3, -0.25) is 14.4 Å². The van der Waals surface area contributed by atoms with Crippen LogP contribution in [0.5, 0.6) is 0 Å². The van der Waals surface area contributed by atoms with Crippen LogP contribution in [0.4, 0.5) is 14.5 Å². The predicted octanol–water partition coefficient (Wildman–Crippen LogP) is 2.25. The Hall–Kier alpha value is -2.52. The highest BCUT2D eigenvalue weighted by atomic mass is 32.2. The van der Waals surface area contributed by atoms with Crippen molar-refractivity contribution in [2.24, 2.45) is 0 Å². The number of hydrogen-bond acceptors (Lipinski definition) is 4. The minimum Gasteiger partial charge on any atom is -0.333 e. The van der Waals surface area contributed by atoms with Gasteiger partial charge in [-0.05, 0) is 48.9 Å². The van der Waals surface area contributed by atoms with E-state index in [2.05, 4.69) is 9.62 Å². The summed E-state index contributed by atoms with van der Waals surface area (Å²) in [6.45, 7) is 4.00. The van der Waals surface area contributed by atoms with Crippen LogP contribution in [0.2, 0.25) is 0 Å². The SMILES string of the molecule is C[C@H]1CN(Cc2cc(F)cc(F)c2)CCN1C(=O)c1ccc(N[SH](=O)=O)cc1. The average Bonchev–Trinajstić information content (AvgIpc) is 2.60. The molecule has 2 aromatic rings. The highest BCUT2D eigenvalue weighted by molar-refractivity contribution is 7.73. The number of halogens is 2. The normalized spacial score (nSPS) is 17.7. The van der Waals surface area contributed by atoms with Crippen LogP contribution in [0.3, 0.4) is 0 Å². The molecule has 0 bridgehead atoms. The first-order valence-corrected chi connectivity index (χ1v) is 9.99. The van der Waals surface area contributed by atoms with Crippen molar-refractivity contribution in [1.29, 1.82) is 0 Å². The van der Waals surface area contributed by atoms with Gasteiger partial charge in [0, 0.05) is 49.5 Å². The zero-order valence-electron chi connectivity index (χ0n) is 15.3. The van der Waals surface area contributed by atoms with E-state index in [9.17, 15) is 22.0 Å². The molecule has 1 aliphatic rings.